The van der Waals surface area contributed by atoms with Crippen molar-refractivity contribution in [3.8, 4) is 0 Å². The number of hydrogen-bond donors (Lipinski definition) is 2. The van der Waals surface area contributed by atoms with Crippen LogP contribution in [0.2, 0.25) is 0 Å². The third kappa shape index (κ3) is 3.92. The van der Waals surface area contributed by atoms with E-state index in [2.05, 4.69) is 36.5 Å². The predicted octanol–water partition coefficient (Wildman–Crippen LogP) is 2.68. The van der Waals surface area contributed by atoms with E-state index in [-0.39, 0.29) is 12.0 Å². The van der Waals surface area contributed by atoms with Gasteiger partial charge in [0.05, 0.1) is 0 Å². The number of benzene rings is 1. The first-order valence-electron chi connectivity index (χ1n) is 5.51. The van der Waals surface area contributed by atoms with E-state index >= 15 is 0 Å². The van der Waals surface area contributed by atoms with E-state index in [0.29, 0.717) is 0 Å². The molecule has 1 rings (SSSR count). The van der Waals surface area contributed by atoms with Crippen molar-refractivity contribution in [1.29, 1.82) is 0 Å². The minimum Gasteiger partial charge on any atom is -0.396 e. The fourth-order valence-corrected chi connectivity index (χ4v) is 1.26. The molecule has 0 aromatic heterocycles. The molecule has 2 nitrogen and oxygen atoms in total. The zero-order valence-corrected chi connectivity index (χ0v) is 9.88. The van der Waals surface area contributed by atoms with E-state index in [0.717, 1.165) is 18.7 Å². The molecule has 0 amide bonds. The molecule has 1 aromatic carbocycles. The molecule has 0 fully saturated rings. The molecular weight excluding hydrogens is 186 g/mol. The second kappa shape index (κ2) is 5.17. The maximum atomic E-state index is 9.11. The van der Waals surface area contributed by atoms with Crippen molar-refractivity contribution in [3.63, 3.8) is 0 Å². The lowest BCUT2D eigenvalue weighted by Gasteiger charge is -2.22. The summed E-state index contributed by atoms with van der Waals surface area (Å²) in [7, 11) is 0. The molecule has 0 aliphatic rings. The van der Waals surface area contributed by atoms with Gasteiger partial charge in [-0.2, -0.15) is 0 Å². The highest BCUT2D eigenvalue weighted by molar-refractivity contribution is 5.44. The van der Waals surface area contributed by atoms with Gasteiger partial charge in [-0.05, 0) is 24.1 Å². The molecule has 2 heteroatoms. The second-order valence-corrected chi connectivity index (χ2v) is 4.73. The normalized spacial score (nSPS) is 11.5. The van der Waals surface area contributed by atoms with E-state index in [9.17, 15) is 0 Å². The van der Waals surface area contributed by atoms with Gasteiger partial charge < -0.3 is 10.4 Å². The summed E-state index contributed by atoms with van der Waals surface area (Å²) < 4.78 is 0. The van der Waals surface area contributed by atoms with Crippen LogP contribution in [0.1, 0.15) is 26.3 Å². The Morgan fingerprint density at radius 2 is 1.80 bits per heavy atom. The maximum Gasteiger partial charge on any atom is 0.0498 e. The van der Waals surface area contributed by atoms with Crippen LogP contribution in [0.3, 0.4) is 0 Å². The van der Waals surface area contributed by atoms with Crippen LogP contribution in [0.15, 0.2) is 24.3 Å². The zero-order valence-electron chi connectivity index (χ0n) is 9.88. The predicted molar refractivity (Wildman–Crippen MR) is 65.2 cm³/mol. The third-order valence-electron chi connectivity index (χ3n) is 2.56. The number of nitrogens with one attached hydrogen (secondary N) is 1. The van der Waals surface area contributed by atoms with Gasteiger partial charge in [0, 0.05) is 24.3 Å². The highest BCUT2D eigenvalue weighted by atomic mass is 16.3. The van der Waals surface area contributed by atoms with Crippen LogP contribution in [0.25, 0.3) is 0 Å². The van der Waals surface area contributed by atoms with Gasteiger partial charge in [-0.1, -0.05) is 32.9 Å². The summed E-state index contributed by atoms with van der Waals surface area (Å²) in [5.74, 6) is 0. The largest absolute Gasteiger partial charge is 0.396 e. The summed E-state index contributed by atoms with van der Waals surface area (Å²) in [6.45, 7) is 7.22. The Morgan fingerprint density at radius 3 is 2.27 bits per heavy atom. The zero-order chi connectivity index (χ0) is 11.3. The molecule has 2 N–H and O–H groups in total. The first-order valence-corrected chi connectivity index (χ1v) is 5.51. The van der Waals surface area contributed by atoms with Crippen LogP contribution >= 0.6 is 0 Å². The number of aliphatic hydroxyl groups excluding tert-OH is 1. The van der Waals surface area contributed by atoms with E-state index in [1.807, 2.05) is 13.8 Å². The quantitative estimate of drug-likeness (QED) is 0.778. The van der Waals surface area contributed by atoms with E-state index in [1.165, 1.54) is 5.56 Å². The fraction of sp³-hybridized carbons (Fsp3) is 0.538. The Kier molecular flexibility index (Phi) is 4.15. The molecule has 0 atom stereocenters. The smallest absolute Gasteiger partial charge is 0.0498 e. The van der Waals surface area contributed by atoms with Gasteiger partial charge in [-0.25, -0.2) is 0 Å². The van der Waals surface area contributed by atoms with Crippen LogP contribution in [0.5, 0.6) is 0 Å². The molecular formula is C13H21NO. The summed E-state index contributed by atoms with van der Waals surface area (Å²) in [4.78, 5) is 0. The average Bonchev–Trinajstić information content (AvgIpc) is 2.27. The summed E-state index contributed by atoms with van der Waals surface area (Å²) >= 11 is 0. The van der Waals surface area contributed by atoms with Crippen molar-refractivity contribution < 1.29 is 5.11 Å². The molecule has 0 spiro atoms. The van der Waals surface area contributed by atoms with Crippen LogP contribution in [-0.2, 0) is 6.42 Å². The summed E-state index contributed by atoms with van der Waals surface area (Å²) in [6, 6.07) is 8.45. The maximum absolute atomic E-state index is 9.11. The summed E-state index contributed by atoms with van der Waals surface area (Å²) in [6.07, 6.45) is 1.07. The van der Waals surface area contributed by atoms with Gasteiger partial charge in [0.1, 0.15) is 0 Å². The van der Waals surface area contributed by atoms with Crippen molar-refractivity contribution in [2.75, 3.05) is 18.5 Å². The Morgan fingerprint density at radius 1 is 1.20 bits per heavy atom. The van der Waals surface area contributed by atoms with Gasteiger partial charge in [0.2, 0.25) is 0 Å². The van der Waals surface area contributed by atoms with Crippen molar-refractivity contribution in [2.24, 2.45) is 5.41 Å². The average molecular weight is 207 g/mol. The Balaban J connectivity index is 2.51. The van der Waals surface area contributed by atoms with Crippen LogP contribution in [0, 0.1) is 5.41 Å². The van der Waals surface area contributed by atoms with Crippen LogP contribution < -0.4 is 5.32 Å². The monoisotopic (exact) mass is 207 g/mol. The molecule has 0 saturated heterocycles. The summed E-state index contributed by atoms with van der Waals surface area (Å²) in [5.41, 5.74) is 2.40. The highest BCUT2D eigenvalue weighted by Gasteiger charge is 2.15. The first kappa shape index (κ1) is 12.1. The molecule has 0 aliphatic carbocycles. The van der Waals surface area contributed by atoms with Crippen LogP contribution in [0.4, 0.5) is 5.69 Å². The lowest BCUT2D eigenvalue weighted by atomic mass is 9.95. The summed E-state index contributed by atoms with van der Waals surface area (Å²) in [5, 5.41) is 12.4. The molecule has 1 aromatic rings. The molecule has 0 radical (unpaired) electrons. The Hall–Kier alpha value is -1.02. The first-order chi connectivity index (χ1) is 7.07. The van der Waals surface area contributed by atoms with E-state index in [4.69, 9.17) is 5.11 Å². The minimum atomic E-state index is -0.0660. The topological polar surface area (TPSA) is 32.3 Å². The SMILES string of the molecule is CCc1ccc(NCC(C)(C)CO)cc1. The number of anilines is 1. The fourth-order valence-electron chi connectivity index (χ4n) is 1.26. The number of rotatable bonds is 5. The molecule has 0 aliphatic heterocycles. The van der Waals surface area contributed by atoms with E-state index in [1.54, 1.807) is 0 Å². The third-order valence-corrected chi connectivity index (χ3v) is 2.56. The minimum absolute atomic E-state index is 0.0660. The molecule has 0 unspecified atom stereocenters. The Bertz CT molecular complexity index is 290. The van der Waals surface area contributed by atoms with Gasteiger partial charge in [-0.15, -0.1) is 0 Å². The van der Waals surface area contributed by atoms with Crippen molar-refractivity contribution in [3.05, 3.63) is 29.8 Å². The number of aryl methyl sites for hydroxylation is 1. The lowest BCUT2D eigenvalue weighted by Crippen LogP contribution is -2.26. The van der Waals surface area contributed by atoms with Crippen molar-refractivity contribution >= 4 is 5.69 Å². The van der Waals surface area contributed by atoms with Crippen molar-refractivity contribution in [1.82, 2.24) is 0 Å². The molecule has 0 bridgehead atoms. The molecule has 84 valence electrons. The van der Waals surface area contributed by atoms with Crippen LogP contribution in [-0.4, -0.2) is 18.3 Å². The molecule has 15 heavy (non-hydrogen) atoms. The van der Waals surface area contributed by atoms with Gasteiger partial charge >= 0.3 is 0 Å². The second-order valence-electron chi connectivity index (χ2n) is 4.73. The van der Waals surface area contributed by atoms with Gasteiger partial charge in [0.15, 0.2) is 0 Å². The van der Waals surface area contributed by atoms with Crippen molar-refractivity contribution in [2.45, 2.75) is 27.2 Å². The van der Waals surface area contributed by atoms with Gasteiger partial charge in [0.25, 0.3) is 0 Å². The van der Waals surface area contributed by atoms with E-state index < -0.39 is 0 Å². The molecule has 0 heterocycles. The Labute approximate surface area is 92.3 Å². The number of aliphatic hydroxyl groups is 1. The highest BCUT2D eigenvalue weighted by Crippen LogP contribution is 2.16. The lowest BCUT2D eigenvalue weighted by molar-refractivity contribution is 0.171. The standard InChI is InChI=1S/C13H21NO/c1-4-11-5-7-12(8-6-11)14-9-13(2,3)10-15/h5-8,14-15H,4,9-10H2,1-3H3. The number of hydrogen-bond acceptors (Lipinski definition) is 2. The van der Waals surface area contributed by atoms with Gasteiger partial charge in [-0.3, -0.25) is 0 Å². The molecule has 0 saturated carbocycles.